The molecule has 0 unspecified atom stereocenters. The molecule has 1 fully saturated rings. The van der Waals surface area contributed by atoms with Crippen LogP contribution in [-0.2, 0) is 11.3 Å². The van der Waals surface area contributed by atoms with Crippen LogP contribution in [0.4, 0.5) is 5.95 Å². The van der Waals surface area contributed by atoms with E-state index in [4.69, 9.17) is 9.47 Å². The molecule has 0 saturated carbocycles. The van der Waals surface area contributed by atoms with Gasteiger partial charge in [-0.2, -0.15) is 0 Å². The number of aromatic nitrogens is 2. The number of ether oxygens (including phenoxy) is 2. The van der Waals surface area contributed by atoms with Gasteiger partial charge in [0.05, 0.1) is 19.1 Å². The van der Waals surface area contributed by atoms with E-state index in [1.54, 1.807) is 0 Å². The summed E-state index contributed by atoms with van der Waals surface area (Å²) in [6, 6.07) is 14.1. The summed E-state index contributed by atoms with van der Waals surface area (Å²) in [4.78, 5) is 24.3. The molecule has 2 aromatic carbocycles. The minimum atomic E-state index is -0.0989. The molecule has 1 amide bonds. The third-order valence-electron chi connectivity index (χ3n) is 6.17. The van der Waals surface area contributed by atoms with E-state index in [1.165, 1.54) is 5.56 Å². The maximum Gasteiger partial charge on any atom is 0.225 e. The Kier molecular flexibility index (Phi) is 8.19. The molecule has 1 aliphatic heterocycles. The predicted molar refractivity (Wildman–Crippen MR) is 138 cm³/mol. The van der Waals surface area contributed by atoms with Gasteiger partial charge in [0.25, 0.3) is 0 Å². The van der Waals surface area contributed by atoms with Crippen LogP contribution in [0, 0.1) is 12.8 Å². The van der Waals surface area contributed by atoms with Crippen molar-refractivity contribution >= 4 is 11.9 Å². The van der Waals surface area contributed by atoms with Crippen molar-refractivity contribution < 1.29 is 14.3 Å². The number of piperidine rings is 1. The molecule has 1 atom stereocenters. The molecule has 4 rings (SSSR count). The quantitative estimate of drug-likeness (QED) is 0.481. The number of anilines is 1. The maximum absolute atomic E-state index is 13.0. The van der Waals surface area contributed by atoms with Crippen LogP contribution in [0.15, 0.2) is 54.9 Å². The van der Waals surface area contributed by atoms with E-state index >= 15 is 0 Å². The number of amides is 1. The molecule has 7 heteroatoms. The van der Waals surface area contributed by atoms with Gasteiger partial charge in [-0.25, -0.2) is 9.97 Å². The van der Waals surface area contributed by atoms with Crippen molar-refractivity contribution in [2.24, 2.45) is 5.92 Å². The summed E-state index contributed by atoms with van der Waals surface area (Å²) in [7, 11) is 0. The molecule has 1 saturated heterocycles. The number of hydrogen-bond acceptors (Lipinski definition) is 6. The highest BCUT2D eigenvalue weighted by Gasteiger charge is 2.27. The summed E-state index contributed by atoms with van der Waals surface area (Å²) in [5.41, 5.74) is 4.29. The lowest BCUT2D eigenvalue weighted by atomic mass is 9.97. The van der Waals surface area contributed by atoms with E-state index in [9.17, 15) is 4.79 Å². The van der Waals surface area contributed by atoms with Crippen molar-refractivity contribution in [2.45, 2.75) is 40.2 Å². The smallest absolute Gasteiger partial charge is 0.225 e. The second-order valence-electron chi connectivity index (χ2n) is 8.79. The first kappa shape index (κ1) is 24.5. The topological polar surface area (TPSA) is 76.6 Å². The number of rotatable bonds is 9. The van der Waals surface area contributed by atoms with E-state index in [0.29, 0.717) is 38.0 Å². The van der Waals surface area contributed by atoms with Gasteiger partial charge >= 0.3 is 0 Å². The van der Waals surface area contributed by atoms with Gasteiger partial charge in [-0.15, -0.1) is 0 Å². The number of benzene rings is 2. The van der Waals surface area contributed by atoms with Crippen molar-refractivity contribution in [3.63, 3.8) is 0 Å². The molecule has 2 heterocycles. The number of nitrogens with zero attached hydrogens (tertiary/aromatic N) is 3. The van der Waals surface area contributed by atoms with Gasteiger partial charge in [-0.1, -0.05) is 35.9 Å². The molecular weight excluding hydrogens is 440 g/mol. The Morgan fingerprint density at radius 1 is 1.00 bits per heavy atom. The Hall–Kier alpha value is -3.61. The van der Waals surface area contributed by atoms with Crippen molar-refractivity contribution in [1.82, 2.24) is 15.3 Å². The zero-order valence-electron chi connectivity index (χ0n) is 20.8. The Balaban J connectivity index is 1.35. The van der Waals surface area contributed by atoms with Gasteiger partial charge in [0.2, 0.25) is 11.9 Å². The fraction of sp³-hybridized carbons (Fsp3) is 0.393. The summed E-state index contributed by atoms with van der Waals surface area (Å²) in [6.45, 7) is 9.01. The SMILES string of the molecule is CCOc1ccc(CNC(=O)[C@H]2CCCN(c3ncc(-c4ccc(C)cc4)cn3)C2)cc1OCC. The van der Waals surface area contributed by atoms with Crippen LogP contribution in [0.25, 0.3) is 11.1 Å². The maximum atomic E-state index is 13.0. The van der Waals surface area contributed by atoms with Crippen LogP contribution in [-0.4, -0.2) is 42.2 Å². The fourth-order valence-electron chi connectivity index (χ4n) is 4.29. The Bertz CT molecular complexity index is 1120. The Labute approximate surface area is 207 Å². The molecule has 35 heavy (non-hydrogen) atoms. The van der Waals surface area contributed by atoms with Gasteiger partial charge in [-0.3, -0.25) is 4.79 Å². The highest BCUT2D eigenvalue weighted by molar-refractivity contribution is 5.79. The number of carbonyl (C=O) groups excluding carboxylic acids is 1. The zero-order chi connectivity index (χ0) is 24.6. The lowest BCUT2D eigenvalue weighted by Gasteiger charge is -2.32. The second kappa shape index (κ2) is 11.7. The van der Waals surface area contributed by atoms with E-state index in [1.807, 2.05) is 44.4 Å². The van der Waals surface area contributed by atoms with E-state index in [2.05, 4.69) is 51.4 Å². The summed E-state index contributed by atoms with van der Waals surface area (Å²) in [5, 5.41) is 3.09. The van der Waals surface area contributed by atoms with Gasteiger partial charge in [0.1, 0.15) is 0 Å². The average molecular weight is 475 g/mol. The van der Waals surface area contributed by atoms with Gasteiger partial charge in [-0.05, 0) is 56.9 Å². The van der Waals surface area contributed by atoms with Gasteiger partial charge < -0.3 is 19.7 Å². The standard InChI is InChI=1S/C28H34N4O3/c1-4-34-25-13-10-21(15-26(25)35-5-2)16-29-27(33)23-7-6-14-32(19-23)28-30-17-24(18-31-28)22-11-8-20(3)9-12-22/h8-13,15,17-18,23H,4-7,14,16,19H2,1-3H3,(H,29,33)/t23-/m0/s1. The number of nitrogens with one attached hydrogen (secondary N) is 1. The molecule has 1 aromatic heterocycles. The highest BCUT2D eigenvalue weighted by atomic mass is 16.5. The summed E-state index contributed by atoms with van der Waals surface area (Å²) in [6.07, 6.45) is 5.51. The molecule has 0 bridgehead atoms. The monoisotopic (exact) mass is 474 g/mol. The fourth-order valence-corrected chi connectivity index (χ4v) is 4.29. The van der Waals surface area contributed by atoms with Crippen molar-refractivity contribution in [3.05, 3.63) is 66.0 Å². The number of aryl methyl sites for hydroxylation is 1. The van der Waals surface area contributed by atoms with E-state index in [0.717, 1.165) is 41.8 Å². The molecule has 7 nitrogen and oxygen atoms in total. The summed E-state index contributed by atoms with van der Waals surface area (Å²) < 4.78 is 11.3. The highest BCUT2D eigenvalue weighted by Crippen LogP contribution is 2.29. The Morgan fingerprint density at radius 2 is 1.71 bits per heavy atom. The third kappa shape index (κ3) is 6.29. The molecule has 184 valence electrons. The van der Waals surface area contributed by atoms with Crippen molar-refractivity contribution in [3.8, 4) is 22.6 Å². The van der Waals surface area contributed by atoms with Crippen LogP contribution in [0.5, 0.6) is 11.5 Å². The largest absolute Gasteiger partial charge is 0.490 e. The second-order valence-corrected chi connectivity index (χ2v) is 8.79. The Morgan fingerprint density at radius 3 is 2.43 bits per heavy atom. The molecular formula is C28H34N4O3. The zero-order valence-corrected chi connectivity index (χ0v) is 20.8. The lowest BCUT2D eigenvalue weighted by Crippen LogP contribution is -2.43. The van der Waals surface area contributed by atoms with Crippen molar-refractivity contribution in [1.29, 1.82) is 0 Å². The molecule has 3 aromatic rings. The molecule has 0 aliphatic carbocycles. The summed E-state index contributed by atoms with van der Waals surface area (Å²) >= 11 is 0. The first-order valence-corrected chi connectivity index (χ1v) is 12.4. The van der Waals surface area contributed by atoms with Crippen LogP contribution in [0.1, 0.15) is 37.8 Å². The molecule has 0 radical (unpaired) electrons. The predicted octanol–water partition coefficient (Wildman–Crippen LogP) is 4.78. The van der Waals surface area contributed by atoms with E-state index in [-0.39, 0.29) is 11.8 Å². The normalized spacial score (nSPS) is 15.5. The molecule has 1 N–H and O–H groups in total. The van der Waals surface area contributed by atoms with Crippen molar-refractivity contribution in [2.75, 3.05) is 31.2 Å². The lowest BCUT2D eigenvalue weighted by molar-refractivity contribution is -0.125. The third-order valence-corrected chi connectivity index (χ3v) is 6.17. The van der Waals surface area contributed by atoms with E-state index < -0.39 is 0 Å². The van der Waals surface area contributed by atoms with Crippen LogP contribution >= 0.6 is 0 Å². The average Bonchev–Trinajstić information content (AvgIpc) is 2.89. The summed E-state index contributed by atoms with van der Waals surface area (Å²) in [5.74, 6) is 2.05. The number of hydrogen-bond donors (Lipinski definition) is 1. The van der Waals surface area contributed by atoms with Crippen LogP contribution in [0.2, 0.25) is 0 Å². The first-order chi connectivity index (χ1) is 17.1. The molecule has 1 aliphatic rings. The van der Waals surface area contributed by atoms with Crippen LogP contribution < -0.4 is 19.7 Å². The van der Waals surface area contributed by atoms with Crippen LogP contribution in [0.3, 0.4) is 0 Å². The minimum Gasteiger partial charge on any atom is -0.490 e. The number of carbonyl (C=O) groups is 1. The van der Waals surface area contributed by atoms with Gasteiger partial charge in [0.15, 0.2) is 11.5 Å². The first-order valence-electron chi connectivity index (χ1n) is 12.4. The minimum absolute atomic E-state index is 0.0535. The van der Waals surface area contributed by atoms with Gasteiger partial charge in [0, 0.05) is 37.6 Å². The molecule has 0 spiro atoms.